The molecule has 0 aromatic rings. The molecule has 1 unspecified atom stereocenters. The molecule has 0 saturated heterocycles. The van der Waals surface area contributed by atoms with Crippen LogP contribution in [-0.4, -0.2) is 29.1 Å². The fourth-order valence-electron chi connectivity index (χ4n) is 6.36. The largest absolute Gasteiger partial charge is 0.356 e. The molecule has 0 N–H and O–H groups in total. The Kier molecular flexibility index (Phi) is 26.9. The molecule has 232 valence electrons. The molecular weight excluding hydrogens is 472 g/mol. The molecule has 0 saturated carbocycles. The van der Waals surface area contributed by atoms with Crippen molar-refractivity contribution in [3.63, 3.8) is 0 Å². The minimum absolute atomic E-state index is 0.641. The SMILES string of the molecule is CCCCCCCCCCCCCCCCCC1N(CCCCCCCC)C=CN1CCCCCCCCC. The van der Waals surface area contributed by atoms with Gasteiger partial charge in [0.2, 0.25) is 0 Å². The summed E-state index contributed by atoms with van der Waals surface area (Å²) in [7, 11) is 0. The zero-order valence-electron chi connectivity index (χ0n) is 27.5. The Morgan fingerprint density at radius 3 is 0.897 bits per heavy atom. The lowest BCUT2D eigenvalue weighted by atomic mass is 10.0. The smallest absolute Gasteiger partial charge is 0.101 e. The normalized spacial score (nSPS) is 15.2. The first kappa shape index (κ1) is 36.4. The third-order valence-corrected chi connectivity index (χ3v) is 9.07. The van der Waals surface area contributed by atoms with Crippen molar-refractivity contribution in [2.75, 3.05) is 13.1 Å². The third-order valence-electron chi connectivity index (χ3n) is 9.07. The molecule has 2 heteroatoms. The van der Waals surface area contributed by atoms with Crippen molar-refractivity contribution in [2.24, 2.45) is 0 Å². The van der Waals surface area contributed by atoms with Gasteiger partial charge in [0, 0.05) is 25.5 Å². The van der Waals surface area contributed by atoms with Crippen LogP contribution in [0.4, 0.5) is 0 Å². The van der Waals surface area contributed by atoms with Gasteiger partial charge in [0.15, 0.2) is 0 Å². The summed E-state index contributed by atoms with van der Waals surface area (Å²) in [4.78, 5) is 5.40. The first-order valence-corrected chi connectivity index (χ1v) is 18.5. The molecule has 1 aliphatic rings. The number of nitrogens with zero attached hydrogens (tertiary/aromatic N) is 2. The van der Waals surface area contributed by atoms with Crippen LogP contribution in [0.1, 0.15) is 207 Å². The Hall–Kier alpha value is -0.660. The van der Waals surface area contributed by atoms with Crippen LogP contribution in [0.15, 0.2) is 12.4 Å². The summed E-state index contributed by atoms with van der Waals surface area (Å²) < 4.78 is 0. The van der Waals surface area contributed by atoms with E-state index in [1.165, 1.54) is 199 Å². The zero-order valence-corrected chi connectivity index (χ0v) is 27.5. The Bertz CT molecular complexity index is 502. The van der Waals surface area contributed by atoms with Gasteiger partial charge >= 0.3 is 0 Å². The number of hydrogen-bond donors (Lipinski definition) is 0. The van der Waals surface area contributed by atoms with Gasteiger partial charge in [-0.25, -0.2) is 0 Å². The van der Waals surface area contributed by atoms with Gasteiger partial charge in [-0.3, -0.25) is 0 Å². The van der Waals surface area contributed by atoms with Crippen LogP contribution >= 0.6 is 0 Å². The molecule has 1 atom stereocenters. The van der Waals surface area contributed by atoms with Crippen LogP contribution in [0, 0.1) is 0 Å². The topological polar surface area (TPSA) is 6.48 Å². The molecule has 0 aromatic carbocycles. The van der Waals surface area contributed by atoms with Crippen molar-refractivity contribution in [3.05, 3.63) is 12.4 Å². The van der Waals surface area contributed by atoms with E-state index in [-0.39, 0.29) is 0 Å². The summed E-state index contributed by atoms with van der Waals surface area (Å²) in [6, 6.07) is 0. The van der Waals surface area contributed by atoms with Crippen molar-refractivity contribution in [3.8, 4) is 0 Å². The van der Waals surface area contributed by atoms with Crippen LogP contribution in [0.2, 0.25) is 0 Å². The van der Waals surface area contributed by atoms with Crippen molar-refractivity contribution in [2.45, 2.75) is 213 Å². The summed E-state index contributed by atoms with van der Waals surface area (Å²) in [5.74, 6) is 0. The Morgan fingerprint density at radius 2 is 0.590 bits per heavy atom. The van der Waals surface area contributed by atoms with Gasteiger partial charge < -0.3 is 9.80 Å². The maximum atomic E-state index is 2.70. The molecule has 0 radical (unpaired) electrons. The van der Waals surface area contributed by atoms with Crippen LogP contribution < -0.4 is 0 Å². The maximum absolute atomic E-state index is 2.70. The molecule has 0 aliphatic carbocycles. The van der Waals surface area contributed by atoms with Gasteiger partial charge in [-0.15, -0.1) is 0 Å². The van der Waals surface area contributed by atoms with Crippen LogP contribution in [0.5, 0.6) is 0 Å². The summed E-state index contributed by atoms with van der Waals surface area (Å²) in [5.41, 5.74) is 0. The Morgan fingerprint density at radius 1 is 0.333 bits per heavy atom. The zero-order chi connectivity index (χ0) is 28.1. The molecule has 0 fully saturated rings. The van der Waals surface area contributed by atoms with Gasteiger partial charge in [-0.05, 0) is 25.7 Å². The van der Waals surface area contributed by atoms with Gasteiger partial charge in [-0.1, -0.05) is 181 Å². The van der Waals surface area contributed by atoms with E-state index in [2.05, 4.69) is 43.0 Å². The van der Waals surface area contributed by atoms with Crippen LogP contribution in [0.3, 0.4) is 0 Å². The monoisotopic (exact) mass is 547 g/mol. The Balaban J connectivity index is 2.16. The molecule has 1 rings (SSSR count). The van der Waals surface area contributed by atoms with Gasteiger partial charge in [0.25, 0.3) is 0 Å². The van der Waals surface area contributed by atoms with Gasteiger partial charge in [-0.2, -0.15) is 0 Å². The average molecular weight is 547 g/mol. The number of hydrogen-bond acceptors (Lipinski definition) is 2. The maximum Gasteiger partial charge on any atom is 0.101 e. The van der Waals surface area contributed by atoms with Crippen molar-refractivity contribution in [1.82, 2.24) is 9.80 Å². The summed E-state index contributed by atoms with van der Waals surface area (Å²) in [6.07, 6.45) is 47.0. The van der Waals surface area contributed by atoms with Gasteiger partial charge in [0.05, 0.1) is 0 Å². The Labute approximate surface area is 248 Å². The molecular formula is C37H74N2. The molecule has 0 bridgehead atoms. The second-order valence-electron chi connectivity index (χ2n) is 12.9. The van der Waals surface area contributed by atoms with E-state index < -0.39 is 0 Å². The highest BCUT2D eigenvalue weighted by atomic mass is 15.4. The van der Waals surface area contributed by atoms with E-state index in [4.69, 9.17) is 0 Å². The lowest BCUT2D eigenvalue weighted by molar-refractivity contribution is 0.135. The van der Waals surface area contributed by atoms with Crippen molar-refractivity contribution >= 4 is 0 Å². The predicted molar refractivity (Wildman–Crippen MR) is 177 cm³/mol. The molecule has 2 nitrogen and oxygen atoms in total. The van der Waals surface area contributed by atoms with Crippen molar-refractivity contribution in [1.29, 1.82) is 0 Å². The summed E-state index contributed by atoms with van der Waals surface area (Å²) in [6.45, 7) is 9.47. The third kappa shape index (κ3) is 21.7. The second kappa shape index (κ2) is 28.9. The highest BCUT2D eigenvalue weighted by Gasteiger charge is 2.24. The standard InChI is InChI=1S/C37H74N2/c1-4-7-10-13-16-17-18-19-20-21-22-23-24-26-29-32-37-38(33-30-27-15-12-9-6-3)35-36-39(37)34-31-28-25-14-11-8-5-2/h35-37H,4-34H2,1-3H3. The molecule has 39 heavy (non-hydrogen) atoms. The number of unbranched alkanes of at least 4 members (excludes halogenated alkanes) is 25. The quantitative estimate of drug-likeness (QED) is 0.0798. The highest BCUT2D eigenvalue weighted by Crippen LogP contribution is 2.24. The van der Waals surface area contributed by atoms with E-state index in [0.717, 1.165) is 0 Å². The van der Waals surface area contributed by atoms with Crippen LogP contribution in [0.25, 0.3) is 0 Å². The minimum Gasteiger partial charge on any atom is -0.356 e. The summed E-state index contributed by atoms with van der Waals surface area (Å²) >= 11 is 0. The van der Waals surface area contributed by atoms with E-state index in [9.17, 15) is 0 Å². The molecule has 1 aliphatic heterocycles. The second-order valence-corrected chi connectivity index (χ2v) is 12.9. The minimum atomic E-state index is 0.641. The van der Waals surface area contributed by atoms with E-state index in [1.807, 2.05) is 0 Å². The highest BCUT2D eigenvalue weighted by molar-refractivity contribution is 4.97. The number of rotatable bonds is 31. The van der Waals surface area contributed by atoms with Crippen molar-refractivity contribution < 1.29 is 0 Å². The fourth-order valence-corrected chi connectivity index (χ4v) is 6.36. The summed E-state index contributed by atoms with van der Waals surface area (Å²) in [5, 5.41) is 0. The molecule has 0 spiro atoms. The molecule has 1 heterocycles. The molecule has 0 amide bonds. The van der Waals surface area contributed by atoms with E-state index >= 15 is 0 Å². The lowest BCUT2D eigenvalue weighted by Gasteiger charge is -2.33. The predicted octanol–water partition coefficient (Wildman–Crippen LogP) is 12.8. The van der Waals surface area contributed by atoms with E-state index in [0.29, 0.717) is 6.17 Å². The lowest BCUT2D eigenvalue weighted by Crippen LogP contribution is -2.39. The fraction of sp³-hybridized carbons (Fsp3) is 0.946. The average Bonchev–Trinajstić information content (AvgIpc) is 3.33. The first-order chi connectivity index (χ1) is 19.3. The first-order valence-electron chi connectivity index (χ1n) is 18.5. The van der Waals surface area contributed by atoms with E-state index in [1.54, 1.807) is 0 Å². The molecule has 0 aromatic heterocycles. The van der Waals surface area contributed by atoms with Crippen LogP contribution in [-0.2, 0) is 0 Å². The van der Waals surface area contributed by atoms with Gasteiger partial charge in [0.1, 0.15) is 6.17 Å².